The number of benzene rings is 2. The third kappa shape index (κ3) is 3.07. The molecule has 21 heavy (non-hydrogen) atoms. The second-order valence-corrected chi connectivity index (χ2v) is 5.74. The maximum absolute atomic E-state index is 6.38. The topological polar surface area (TPSA) is 21.3 Å². The van der Waals surface area contributed by atoms with Gasteiger partial charge >= 0.3 is 0 Å². The molecule has 110 valence electrons. The fourth-order valence-electron chi connectivity index (χ4n) is 2.88. The highest BCUT2D eigenvalue weighted by Crippen LogP contribution is 2.32. The number of hydrogen-bond donors (Lipinski definition) is 1. The molecule has 0 aromatic heterocycles. The predicted octanol–water partition coefficient (Wildman–Crippen LogP) is 4.36. The van der Waals surface area contributed by atoms with Gasteiger partial charge in [0.25, 0.3) is 0 Å². The Labute approximate surface area is 131 Å². The van der Waals surface area contributed by atoms with E-state index in [1.807, 2.05) is 18.2 Å². The SMILES string of the molecule is CCNC(c1ccc2c(c1)CCCO2)c1ccccc1Cl. The zero-order chi connectivity index (χ0) is 14.7. The number of aryl methyl sites for hydroxylation is 1. The number of fused-ring (bicyclic) bond motifs is 1. The summed E-state index contributed by atoms with van der Waals surface area (Å²) in [6.07, 6.45) is 2.18. The molecule has 3 rings (SSSR count). The Hall–Kier alpha value is -1.51. The molecule has 0 aliphatic carbocycles. The van der Waals surface area contributed by atoms with Crippen LogP contribution in [0.15, 0.2) is 42.5 Å². The number of hydrogen-bond acceptors (Lipinski definition) is 2. The minimum Gasteiger partial charge on any atom is -0.493 e. The highest BCUT2D eigenvalue weighted by molar-refractivity contribution is 6.31. The van der Waals surface area contributed by atoms with Gasteiger partial charge in [-0.15, -0.1) is 0 Å². The summed E-state index contributed by atoms with van der Waals surface area (Å²) in [7, 11) is 0. The van der Waals surface area contributed by atoms with E-state index in [0.29, 0.717) is 0 Å². The monoisotopic (exact) mass is 301 g/mol. The Balaban J connectivity index is 1.99. The van der Waals surface area contributed by atoms with Crippen molar-refractivity contribution in [2.45, 2.75) is 25.8 Å². The van der Waals surface area contributed by atoms with Crippen molar-refractivity contribution in [2.75, 3.05) is 13.2 Å². The first kappa shape index (κ1) is 14.4. The van der Waals surface area contributed by atoms with Gasteiger partial charge in [0.15, 0.2) is 0 Å². The van der Waals surface area contributed by atoms with Gasteiger partial charge in [-0.25, -0.2) is 0 Å². The van der Waals surface area contributed by atoms with Crippen molar-refractivity contribution in [3.8, 4) is 5.75 Å². The Kier molecular flexibility index (Phi) is 4.47. The molecule has 2 aromatic carbocycles. The summed E-state index contributed by atoms with van der Waals surface area (Å²) in [4.78, 5) is 0. The zero-order valence-corrected chi connectivity index (χ0v) is 13.0. The van der Waals surface area contributed by atoms with E-state index in [9.17, 15) is 0 Å². The van der Waals surface area contributed by atoms with Crippen LogP contribution < -0.4 is 10.1 Å². The molecule has 0 saturated carbocycles. The summed E-state index contributed by atoms with van der Waals surface area (Å²) < 4.78 is 5.70. The maximum Gasteiger partial charge on any atom is 0.122 e. The van der Waals surface area contributed by atoms with Crippen LogP contribution in [0.25, 0.3) is 0 Å². The van der Waals surface area contributed by atoms with Crippen molar-refractivity contribution in [3.63, 3.8) is 0 Å². The molecule has 1 aliphatic heterocycles. The standard InChI is InChI=1S/C18H20ClNO/c1-2-20-18(15-7-3-4-8-16(15)19)14-9-10-17-13(12-14)6-5-11-21-17/h3-4,7-10,12,18,20H,2,5-6,11H2,1H3. The quantitative estimate of drug-likeness (QED) is 0.906. The lowest BCUT2D eigenvalue weighted by molar-refractivity contribution is 0.288. The van der Waals surface area contributed by atoms with Gasteiger partial charge in [0.05, 0.1) is 12.6 Å². The van der Waals surface area contributed by atoms with Gasteiger partial charge in [0, 0.05) is 5.02 Å². The number of ether oxygens (including phenoxy) is 1. The van der Waals surface area contributed by atoms with Crippen LogP contribution in [0, 0.1) is 0 Å². The second-order valence-electron chi connectivity index (χ2n) is 5.33. The van der Waals surface area contributed by atoms with Gasteiger partial charge in [0.2, 0.25) is 0 Å². The lowest BCUT2D eigenvalue weighted by Crippen LogP contribution is -2.22. The molecule has 0 amide bonds. The largest absolute Gasteiger partial charge is 0.493 e. The van der Waals surface area contributed by atoms with E-state index in [2.05, 4.69) is 36.5 Å². The van der Waals surface area contributed by atoms with Gasteiger partial charge in [0.1, 0.15) is 5.75 Å². The Morgan fingerprint density at radius 2 is 2.10 bits per heavy atom. The highest BCUT2D eigenvalue weighted by atomic mass is 35.5. The first-order valence-corrected chi connectivity index (χ1v) is 7.91. The summed E-state index contributed by atoms with van der Waals surface area (Å²) in [5.74, 6) is 1.03. The fourth-order valence-corrected chi connectivity index (χ4v) is 3.13. The van der Waals surface area contributed by atoms with E-state index in [0.717, 1.165) is 42.3 Å². The van der Waals surface area contributed by atoms with Crippen LogP contribution in [0.4, 0.5) is 0 Å². The van der Waals surface area contributed by atoms with E-state index in [1.54, 1.807) is 0 Å². The molecule has 1 heterocycles. The maximum atomic E-state index is 6.38. The Morgan fingerprint density at radius 3 is 2.90 bits per heavy atom. The lowest BCUT2D eigenvalue weighted by atomic mass is 9.95. The number of nitrogens with one attached hydrogen (secondary N) is 1. The zero-order valence-electron chi connectivity index (χ0n) is 12.2. The normalized spacial score (nSPS) is 15.1. The molecule has 1 aliphatic rings. The first-order chi connectivity index (χ1) is 10.3. The molecule has 1 atom stereocenters. The summed E-state index contributed by atoms with van der Waals surface area (Å²) in [5.41, 5.74) is 3.67. The van der Waals surface area contributed by atoms with Gasteiger partial charge in [-0.3, -0.25) is 0 Å². The van der Waals surface area contributed by atoms with Crippen LogP contribution >= 0.6 is 11.6 Å². The van der Waals surface area contributed by atoms with Crippen LogP contribution in [0.5, 0.6) is 5.75 Å². The van der Waals surface area contributed by atoms with Crippen molar-refractivity contribution >= 4 is 11.6 Å². The number of halogens is 1. The van der Waals surface area contributed by atoms with Gasteiger partial charge < -0.3 is 10.1 Å². The van der Waals surface area contributed by atoms with Crippen molar-refractivity contribution in [3.05, 3.63) is 64.2 Å². The van der Waals surface area contributed by atoms with Crippen LogP contribution in [0.1, 0.15) is 36.1 Å². The summed E-state index contributed by atoms with van der Waals surface area (Å²) in [6.45, 7) is 3.84. The van der Waals surface area contributed by atoms with Gasteiger partial charge in [-0.1, -0.05) is 48.9 Å². The van der Waals surface area contributed by atoms with E-state index in [-0.39, 0.29) is 6.04 Å². The van der Waals surface area contributed by atoms with Crippen LogP contribution in [0.3, 0.4) is 0 Å². The summed E-state index contributed by atoms with van der Waals surface area (Å²) in [6, 6.07) is 14.6. The molecule has 3 heteroatoms. The van der Waals surface area contributed by atoms with Crippen LogP contribution in [-0.4, -0.2) is 13.2 Å². The Morgan fingerprint density at radius 1 is 1.24 bits per heavy atom. The van der Waals surface area contributed by atoms with Gasteiger partial charge in [-0.05, 0) is 48.2 Å². The minimum absolute atomic E-state index is 0.121. The molecule has 0 saturated heterocycles. The van der Waals surface area contributed by atoms with Crippen LogP contribution in [-0.2, 0) is 6.42 Å². The predicted molar refractivity (Wildman–Crippen MR) is 87.2 cm³/mol. The Bertz CT molecular complexity index is 626. The molecule has 0 bridgehead atoms. The average Bonchev–Trinajstić information content (AvgIpc) is 2.53. The fraction of sp³-hybridized carbons (Fsp3) is 0.333. The van der Waals surface area contributed by atoms with Gasteiger partial charge in [-0.2, -0.15) is 0 Å². The molecule has 2 aromatic rings. The lowest BCUT2D eigenvalue weighted by Gasteiger charge is -2.23. The van der Waals surface area contributed by atoms with Crippen molar-refractivity contribution < 1.29 is 4.74 Å². The van der Waals surface area contributed by atoms with E-state index in [4.69, 9.17) is 16.3 Å². The highest BCUT2D eigenvalue weighted by Gasteiger charge is 2.18. The second kappa shape index (κ2) is 6.50. The third-order valence-electron chi connectivity index (χ3n) is 3.89. The molecule has 2 nitrogen and oxygen atoms in total. The molecule has 1 unspecified atom stereocenters. The van der Waals surface area contributed by atoms with E-state index < -0.39 is 0 Å². The smallest absolute Gasteiger partial charge is 0.122 e. The van der Waals surface area contributed by atoms with E-state index in [1.165, 1.54) is 11.1 Å². The van der Waals surface area contributed by atoms with E-state index >= 15 is 0 Å². The molecule has 0 fully saturated rings. The summed E-state index contributed by atoms with van der Waals surface area (Å²) in [5, 5.41) is 4.34. The first-order valence-electron chi connectivity index (χ1n) is 7.53. The number of rotatable bonds is 4. The average molecular weight is 302 g/mol. The molecule has 0 radical (unpaired) electrons. The molecule has 1 N–H and O–H groups in total. The van der Waals surface area contributed by atoms with Crippen molar-refractivity contribution in [2.24, 2.45) is 0 Å². The minimum atomic E-state index is 0.121. The molecular formula is C18H20ClNO. The summed E-state index contributed by atoms with van der Waals surface area (Å²) >= 11 is 6.38. The molecular weight excluding hydrogens is 282 g/mol. The van der Waals surface area contributed by atoms with Crippen molar-refractivity contribution in [1.29, 1.82) is 0 Å². The third-order valence-corrected chi connectivity index (χ3v) is 4.23. The van der Waals surface area contributed by atoms with Crippen molar-refractivity contribution in [1.82, 2.24) is 5.32 Å². The van der Waals surface area contributed by atoms with Crippen LogP contribution in [0.2, 0.25) is 5.02 Å². The molecule has 0 spiro atoms.